The summed E-state index contributed by atoms with van der Waals surface area (Å²) in [4.78, 5) is 1.99. The molecule has 0 amide bonds. The maximum Gasteiger partial charge on any atom is 0.226 e. The summed E-state index contributed by atoms with van der Waals surface area (Å²) in [5, 5.41) is 7.06. The smallest absolute Gasteiger partial charge is 0.226 e. The molecule has 19 heavy (non-hydrogen) atoms. The Morgan fingerprint density at radius 3 is 2.58 bits per heavy atom. The van der Waals surface area contributed by atoms with Gasteiger partial charge in [0, 0.05) is 19.6 Å². The maximum absolute atomic E-state index is 12.9. The standard InChI is InChI=1S/C13H17FN4S/c1-9(2)18-12(15-16-13(18)19)17(3)8-10-4-6-11(14)7-5-10/h4-7,9H,8H2,1-3H3,(H,16,19). The SMILES string of the molecule is CC(C)n1c(N(C)Cc2ccc(F)cc2)n[nH]c1=S. The number of hydrogen-bond donors (Lipinski definition) is 1. The third-order valence-corrected chi connectivity index (χ3v) is 3.16. The molecule has 1 N–H and O–H groups in total. The molecule has 1 aromatic heterocycles. The van der Waals surface area contributed by atoms with Gasteiger partial charge in [0.1, 0.15) is 5.82 Å². The molecule has 4 nitrogen and oxygen atoms in total. The fourth-order valence-electron chi connectivity index (χ4n) is 1.97. The Morgan fingerprint density at radius 2 is 2.00 bits per heavy atom. The second-order valence-electron chi connectivity index (χ2n) is 4.78. The van der Waals surface area contributed by atoms with E-state index >= 15 is 0 Å². The van der Waals surface area contributed by atoms with Gasteiger partial charge in [-0.2, -0.15) is 0 Å². The van der Waals surface area contributed by atoms with Crippen molar-refractivity contribution < 1.29 is 4.39 Å². The first-order valence-corrected chi connectivity index (χ1v) is 6.52. The Balaban J connectivity index is 2.23. The molecule has 0 aliphatic carbocycles. The first-order valence-electron chi connectivity index (χ1n) is 6.11. The molecule has 6 heteroatoms. The summed E-state index contributed by atoms with van der Waals surface area (Å²) < 4.78 is 15.4. The van der Waals surface area contributed by atoms with Gasteiger partial charge in [0.2, 0.25) is 5.95 Å². The third-order valence-electron chi connectivity index (χ3n) is 2.88. The number of halogens is 1. The molecule has 0 unspecified atom stereocenters. The van der Waals surface area contributed by atoms with Crippen LogP contribution in [0, 0.1) is 10.6 Å². The van der Waals surface area contributed by atoms with Crippen LogP contribution in [-0.2, 0) is 6.54 Å². The highest BCUT2D eigenvalue weighted by atomic mass is 32.1. The van der Waals surface area contributed by atoms with Crippen LogP contribution in [0.25, 0.3) is 0 Å². The van der Waals surface area contributed by atoms with Gasteiger partial charge in [-0.3, -0.25) is 4.57 Å². The van der Waals surface area contributed by atoms with Gasteiger partial charge in [-0.25, -0.2) is 9.49 Å². The van der Waals surface area contributed by atoms with E-state index in [9.17, 15) is 4.39 Å². The zero-order valence-corrected chi connectivity index (χ0v) is 12.0. The fraction of sp³-hybridized carbons (Fsp3) is 0.385. The monoisotopic (exact) mass is 280 g/mol. The number of anilines is 1. The lowest BCUT2D eigenvalue weighted by Gasteiger charge is -2.20. The van der Waals surface area contributed by atoms with E-state index in [0.717, 1.165) is 11.5 Å². The van der Waals surface area contributed by atoms with Crippen molar-refractivity contribution in [2.75, 3.05) is 11.9 Å². The van der Waals surface area contributed by atoms with Crippen LogP contribution in [0.2, 0.25) is 0 Å². The Hall–Kier alpha value is -1.69. The topological polar surface area (TPSA) is 36.9 Å². The lowest BCUT2D eigenvalue weighted by atomic mass is 10.2. The van der Waals surface area contributed by atoms with Gasteiger partial charge in [0.05, 0.1) is 0 Å². The van der Waals surface area contributed by atoms with E-state index in [-0.39, 0.29) is 11.9 Å². The summed E-state index contributed by atoms with van der Waals surface area (Å²) in [5.41, 5.74) is 1.02. The third kappa shape index (κ3) is 3.01. The molecule has 0 spiro atoms. The van der Waals surface area contributed by atoms with Crippen LogP contribution in [-0.4, -0.2) is 21.8 Å². The van der Waals surface area contributed by atoms with Crippen LogP contribution in [0.1, 0.15) is 25.5 Å². The Kier molecular flexibility index (Phi) is 3.99. The van der Waals surface area contributed by atoms with Crippen LogP contribution in [0.15, 0.2) is 24.3 Å². The molecule has 0 fully saturated rings. The van der Waals surface area contributed by atoms with Gasteiger partial charge in [-0.1, -0.05) is 12.1 Å². The highest BCUT2D eigenvalue weighted by Gasteiger charge is 2.13. The Morgan fingerprint density at radius 1 is 1.37 bits per heavy atom. The summed E-state index contributed by atoms with van der Waals surface area (Å²) in [7, 11) is 1.94. The van der Waals surface area contributed by atoms with Crippen LogP contribution >= 0.6 is 12.2 Å². The average Bonchev–Trinajstić information content (AvgIpc) is 2.74. The van der Waals surface area contributed by atoms with Crippen molar-refractivity contribution in [1.82, 2.24) is 14.8 Å². The van der Waals surface area contributed by atoms with Crippen molar-refractivity contribution in [1.29, 1.82) is 0 Å². The number of benzene rings is 1. The van der Waals surface area contributed by atoms with Gasteiger partial charge in [0.15, 0.2) is 4.77 Å². The van der Waals surface area contributed by atoms with E-state index in [1.807, 2.05) is 16.5 Å². The minimum absolute atomic E-state index is 0.226. The summed E-state index contributed by atoms with van der Waals surface area (Å²) in [6.45, 7) is 4.76. The first-order chi connectivity index (χ1) is 8.99. The van der Waals surface area contributed by atoms with E-state index in [4.69, 9.17) is 12.2 Å². The molecule has 0 aliphatic heterocycles. The molecular weight excluding hydrogens is 263 g/mol. The quantitative estimate of drug-likeness (QED) is 0.873. The molecule has 0 bridgehead atoms. The average molecular weight is 280 g/mol. The Labute approximate surface area is 116 Å². The van der Waals surface area contributed by atoms with E-state index in [0.29, 0.717) is 11.3 Å². The van der Waals surface area contributed by atoms with Crippen molar-refractivity contribution in [3.63, 3.8) is 0 Å². The van der Waals surface area contributed by atoms with Gasteiger partial charge in [-0.05, 0) is 43.8 Å². The predicted octanol–water partition coefficient (Wildman–Crippen LogP) is 3.30. The lowest BCUT2D eigenvalue weighted by molar-refractivity contribution is 0.583. The maximum atomic E-state index is 12.9. The summed E-state index contributed by atoms with van der Waals surface area (Å²) in [6.07, 6.45) is 0. The number of H-pyrrole nitrogens is 1. The van der Waals surface area contributed by atoms with Crippen LogP contribution in [0.3, 0.4) is 0 Å². The zero-order valence-electron chi connectivity index (χ0n) is 11.2. The van der Waals surface area contributed by atoms with E-state index in [1.54, 1.807) is 12.1 Å². The van der Waals surface area contributed by atoms with E-state index in [1.165, 1.54) is 12.1 Å². The molecule has 2 rings (SSSR count). The second-order valence-corrected chi connectivity index (χ2v) is 5.16. The molecule has 102 valence electrons. The van der Waals surface area contributed by atoms with Gasteiger partial charge in [0.25, 0.3) is 0 Å². The molecule has 0 saturated carbocycles. The van der Waals surface area contributed by atoms with Gasteiger partial charge >= 0.3 is 0 Å². The molecule has 1 aromatic carbocycles. The molecule has 0 aliphatic rings. The second kappa shape index (κ2) is 5.52. The number of aromatic amines is 1. The van der Waals surface area contributed by atoms with Crippen molar-refractivity contribution in [3.8, 4) is 0 Å². The minimum atomic E-state index is -0.226. The van der Waals surface area contributed by atoms with Crippen molar-refractivity contribution >= 4 is 18.2 Å². The predicted molar refractivity (Wildman–Crippen MR) is 76.3 cm³/mol. The number of hydrogen-bond acceptors (Lipinski definition) is 3. The van der Waals surface area contributed by atoms with E-state index in [2.05, 4.69) is 24.0 Å². The molecule has 0 radical (unpaired) electrons. The number of rotatable bonds is 4. The fourth-order valence-corrected chi connectivity index (χ4v) is 2.30. The van der Waals surface area contributed by atoms with Gasteiger partial charge < -0.3 is 4.90 Å². The molecule has 0 saturated heterocycles. The first kappa shape index (κ1) is 13.7. The highest BCUT2D eigenvalue weighted by molar-refractivity contribution is 7.71. The minimum Gasteiger partial charge on any atom is -0.340 e. The van der Waals surface area contributed by atoms with E-state index < -0.39 is 0 Å². The highest BCUT2D eigenvalue weighted by Crippen LogP contribution is 2.18. The van der Waals surface area contributed by atoms with Crippen molar-refractivity contribution in [2.24, 2.45) is 0 Å². The largest absolute Gasteiger partial charge is 0.340 e. The normalized spacial score (nSPS) is 11.0. The summed E-state index contributed by atoms with van der Waals surface area (Å²) >= 11 is 5.22. The molecular formula is C13H17FN4S. The molecule has 0 atom stereocenters. The number of aromatic nitrogens is 3. The van der Waals surface area contributed by atoms with Gasteiger partial charge in [-0.15, -0.1) is 5.10 Å². The molecule has 1 heterocycles. The number of nitrogens with zero attached hydrogens (tertiary/aromatic N) is 3. The summed E-state index contributed by atoms with van der Waals surface area (Å²) in [5.74, 6) is 0.556. The van der Waals surface area contributed by atoms with Crippen LogP contribution in [0.5, 0.6) is 0 Å². The Bertz CT molecular complexity index is 600. The zero-order chi connectivity index (χ0) is 14.0. The summed E-state index contributed by atoms with van der Waals surface area (Å²) in [6, 6.07) is 6.70. The van der Waals surface area contributed by atoms with Crippen molar-refractivity contribution in [2.45, 2.75) is 26.4 Å². The lowest BCUT2D eigenvalue weighted by Crippen LogP contribution is -2.21. The van der Waals surface area contributed by atoms with Crippen LogP contribution < -0.4 is 4.90 Å². The van der Waals surface area contributed by atoms with Crippen LogP contribution in [0.4, 0.5) is 10.3 Å². The molecule has 2 aromatic rings. The number of nitrogens with one attached hydrogen (secondary N) is 1. The van der Waals surface area contributed by atoms with Crippen molar-refractivity contribution in [3.05, 3.63) is 40.4 Å².